The first-order valence-corrected chi connectivity index (χ1v) is 11.8. The first kappa shape index (κ1) is 24.4. The van der Waals surface area contributed by atoms with Crippen LogP contribution in [-0.4, -0.2) is 34.6 Å². The van der Waals surface area contributed by atoms with Gasteiger partial charge in [0.1, 0.15) is 17.2 Å². The lowest BCUT2D eigenvalue weighted by atomic mass is 10.2. The van der Waals surface area contributed by atoms with Crippen LogP contribution < -0.4 is 18.5 Å². The zero-order valence-corrected chi connectivity index (χ0v) is 20.2. The fourth-order valence-electron chi connectivity index (χ4n) is 3.08. The van der Waals surface area contributed by atoms with Gasteiger partial charge in [0, 0.05) is 6.07 Å². The average molecular weight is 490 g/mol. The molecule has 33 heavy (non-hydrogen) atoms. The van der Waals surface area contributed by atoms with E-state index < -0.39 is 22.0 Å². The lowest BCUT2D eigenvalue weighted by Gasteiger charge is -2.26. The number of carbonyl (C=O) groups is 1. The molecule has 0 aliphatic rings. The molecule has 0 bridgehead atoms. The number of amides is 1. The van der Waals surface area contributed by atoms with E-state index >= 15 is 0 Å². The summed E-state index contributed by atoms with van der Waals surface area (Å²) >= 11 is 6.23. The van der Waals surface area contributed by atoms with Gasteiger partial charge in [-0.1, -0.05) is 35.4 Å². The number of benzene rings is 3. The van der Waals surface area contributed by atoms with E-state index in [1.807, 2.05) is 6.92 Å². The Bertz CT molecular complexity index is 1240. The Labute approximate surface area is 198 Å². The fourth-order valence-corrected chi connectivity index (χ4v) is 4.80. The second-order valence-corrected chi connectivity index (χ2v) is 9.37. The van der Waals surface area contributed by atoms with Gasteiger partial charge in [-0.2, -0.15) is 4.31 Å². The molecule has 3 rings (SSSR count). The molecule has 0 heterocycles. The van der Waals surface area contributed by atoms with Gasteiger partial charge in [0.2, 0.25) is 0 Å². The zero-order valence-electron chi connectivity index (χ0n) is 18.6. The molecule has 0 aliphatic heterocycles. The van der Waals surface area contributed by atoms with Crippen LogP contribution in [-0.2, 0) is 14.8 Å². The summed E-state index contributed by atoms with van der Waals surface area (Å²) in [7, 11) is -1.32. The van der Waals surface area contributed by atoms with Gasteiger partial charge in [-0.3, -0.25) is 4.79 Å². The monoisotopic (exact) mass is 489 g/mol. The molecule has 1 unspecified atom stereocenters. The van der Waals surface area contributed by atoms with E-state index in [0.29, 0.717) is 21.6 Å². The van der Waals surface area contributed by atoms with Gasteiger partial charge in [0.25, 0.3) is 15.9 Å². The number of hydrogen-bond acceptors (Lipinski definition) is 6. The van der Waals surface area contributed by atoms with Crippen molar-refractivity contribution in [1.82, 2.24) is 0 Å². The van der Waals surface area contributed by atoms with E-state index in [4.69, 9.17) is 25.8 Å². The summed E-state index contributed by atoms with van der Waals surface area (Å²) < 4.78 is 43.9. The number of sulfonamides is 1. The summed E-state index contributed by atoms with van der Waals surface area (Å²) in [4.78, 5) is 13.4. The molecule has 0 N–H and O–H groups in total. The van der Waals surface area contributed by atoms with Crippen molar-refractivity contribution in [2.45, 2.75) is 24.8 Å². The van der Waals surface area contributed by atoms with E-state index in [1.54, 1.807) is 36.4 Å². The van der Waals surface area contributed by atoms with Crippen LogP contribution in [0.1, 0.15) is 12.5 Å². The largest absolute Gasteiger partial charge is 0.497 e. The maximum Gasteiger partial charge on any atom is 0.281 e. The van der Waals surface area contributed by atoms with Gasteiger partial charge >= 0.3 is 0 Å². The molecule has 0 aromatic heterocycles. The Balaban J connectivity index is 2.04. The number of ether oxygens (including phenoxy) is 3. The van der Waals surface area contributed by atoms with Crippen LogP contribution in [0.2, 0.25) is 5.02 Å². The smallest absolute Gasteiger partial charge is 0.281 e. The number of hydrogen-bond donors (Lipinski definition) is 0. The van der Waals surface area contributed by atoms with Gasteiger partial charge in [0.15, 0.2) is 6.10 Å². The van der Waals surface area contributed by atoms with Crippen molar-refractivity contribution >= 4 is 33.2 Å². The second-order valence-electron chi connectivity index (χ2n) is 7.18. The molecule has 174 valence electrons. The molecule has 0 saturated carbocycles. The molecule has 1 atom stereocenters. The summed E-state index contributed by atoms with van der Waals surface area (Å²) in [6.45, 7) is 3.32. The number of nitrogens with zero attached hydrogens (tertiary/aromatic N) is 1. The molecule has 7 nitrogen and oxygen atoms in total. The second kappa shape index (κ2) is 10.1. The number of methoxy groups -OCH3 is 2. The van der Waals surface area contributed by atoms with Crippen LogP contribution in [0.3, 0.4) is 0 Å². The van der Waals surface area contributed by atoms with Gasteiger partial charge in [0.05, 0.1) is 29.8 Å². The van der Waals surface area contributed by atoms with E-state index in [2.05, 4.69) is 0 Å². The van der Waals surface area contributed by atoms with Gasteiger partial charge in [-0.15, -0.1) is 0 Å². The highest BCUT2D eigenvalue weighted by atomic mass is 35.5. The summed E-state index contributed by atoms with van der Waals surface area (Å²) in [6.07, 6.45) is -1.14. The average Bonchev–Trinajstić information content (AvgIpc) is 2.79. The zero-order chi connectivity index (χ0) is 24.2. The van der Waals surface area contributed by atoms with Crippen molar-refractivity contribution in [1.29, 1.82) is 0 Å². The van der Waals surface area contributed by atoms with Crippen molar-refractivity contribution in [3.05, 3.63) is 77.3 Å². The van der Waals surface area contributed by atoms with Crippen molar-refractivity contribution < 1.29 is 27.4 Å². The summed E-state index contributed by atoms with van der Waals surface area (Å²) in [5, 5.41) is 0.160. The number of aryl methyl sites for hydroxylation is 1. The topological polar surface area (TPSA) is 82.1 Å². The molecule has 1 amide bonds. The molecular formula is C24H24ClNO6S. The Morgan fingerprint density at radius 2 is 1.61 bits per heavy atom. The Hall–Kier alpha value is -3.23. The third-order valence-corrected chi connectivity index (χ3v) is 6.87. The van der Waals surface area contributed by atoms with Gasteiger partial charge < -0.3 is 14.2 Å². The summed E-state index contributed by atoms with van der Waals surface area (Å²) in [5.41, 5.74) is 0.946. The van der Waals surface area contributed by atoms with Crippen LogP contribution in [0.15, 0.2) is 71.6 Å². The minimum absolute atomic E-state index is 0.0398. The molecule has 9 heteroatoms. The van der Waals surface area contributed by atoms with Gasteiger partial charge in [-0.05, 0) is 56.3 Å². The van der Waals surface area contributed by atoms with Crippen LogP contribution in [0.25, 0.3) is 0 Å². The minimum Gasteiger partial charge on any atom is -0.497 e. The number of halogens is 1. The highest BCUT2D eigenvalue weighted by Gasteiger charge is 2.35. The molecule has 3 aromatic rings. The first-order valence-electron chi connectivity index (χ1n) is 9.97. The van der Waals surface area contributed by atoms with Crippen molar-refractivity contribution in [3.8, 4) is 17.2 Å². The Kier molecular flexibility index (Phi) is 7.50. The molecule has 0 spiro atoms. The predicted octanol–water partition coefficient (Wildman–Crippen LogP) is 4.86. The minimum atomic E-state index is -4.28. The Morgan fingerprint density at radius 3 is 2.21 bits per heavy atom. The third kappa shape index (κ3) is 5.40. The molecule has 0 aliphatic carbocycles. The third-order valence-electron chi connectivity index (χ3n) is 4.83. The highest BCUT2D eigenvalue weighted by Crippen LogP contribution is 2.33. The fraction of sp³-hybridized carbons (Fsp3) is 0.208. The van der Waals surface area contributed by atoms with Crippen molar-refractivity contribution in [3.63, 3.8) is 0 Å². The van der Waals surface area contributed by atoms with Crippen molar-refractivity contribution in [2.24, 2.45) is 0 Å². The molecule has 0 saturated heterocycles. The van der Waals surface area contributed by atoms with E-state index in [9.17, 15) is 13.2 Å². The first-order chi connectivity index (χ1) is 15.7. The predicted molar refractivity (Wildman–Crippen MR) is 127 cm³/mol. The maximum atomic E-state index is 13.6. The quantitative estimate of drug-likeness (QED) is 0.449. The molecule has 0 radical (unpaired) electrons. The summed E-state index contributed by atoms with van der Waals surface area (Å²) in [5.74, 6) is 0.453. The van der Waals surface area contributed by atoms with E-state index in [-0.39, 0.29) is 15.6 Å². The van der Waals surface area contributed by atoms with Crippen molar-refractivity contribution in [2.75, 3.05) is 18.5 Å². The molecule has 0 fully saturated rings. The van der Waals surface area contributed by atoms with Crippen LogP contribution >= 0.6 is 11.6 Å². The SMILES string of the molecule is COc1cccc(OC(C)C(=O)N(c2ccc(OC)c(Cl)c2)S(=O)(=O)c2ccc(C)cc2)c1. The van der Waals surface area contributed by atoms with Crippen LogP contribution in [0, 0.1) is 6.92 Å². The molecule has 3 aromatic carbocycles. The lowest BCUT2D eigenvalue weighted by molar-refractivity contribution is -0.123. The highest BCUT2D eigenvalue weighted by molar-refractivity contribution is 7.93. The number of rotatable bonds is 8. The molecular weight excluding hydrogens is 466 g/mol. The summed E-state index contributed by atoms with van der Waals surface area (Å²) in [6, 6.07) is 17.2. The maximum absolute atomic E-state index is 13.6. The van der Waals surface area contributed by atoms with E-state index in [1.165, 1.54) is 51.5 Å². The lowest BCUT2D eigenvalue weighted by Crippen LogP contribution is -2.44. The van der Waals surface area contributed by atoms with E-state index in [0.717, 1.165) is 5.56 Å². The van der Waals surface area contributed by atoms with Crippen LogP contribution in [0.5, 0.6) is 17.2 Å². The number of carbonyl (C=O) groups excluding carboxylic acids is 1. The van der Waals surface area contributed by atoms with Crippen LogP contribution in [0.4, 0.5) is 5.69 Å². The standard InChI is InChI=1S/C24H24ClNO6S/c1-16-8-11-21(12-9-16)33(28,29)26(18-10-13-23(31-4)22(25)14-18)24(27)17(2)32-20-7-5-6-19(15-20)30-3/h5-15,17H,1-4H3. The normalized spacial score (nSPS) is 12.0. The van der Waals surface area contributed by atoms with Gasteiger partial charge in [-0.25, -0.2) is 8.42 Å². The number of anilines is 1. The Morgan fingerprint density at radius 1 is 0.939 bits per heavy atom.